The summed E-state index contributed by atoms with van der Waals surface area (Å²) in [6, 6.07) is 15.3. The van der Waals surface area contributed by atoms with Crippen LogP contribution in [0.4, 0.5) is 5.69 Å². The van der Waals surface area contributed by atoms with E-state index in [1.54, 1.807) is 0 Å². The maximum atomic E-state index is 12.6. The number of carbonyl (C=O) groups excluding carboxylic acids is 2. The molecule has 0 bridgehead atoms. The van der Waals surface area contributed by atoms with E-state index in [2.05, 4.69) is 43.7 Å². The van der Waals surface area contributed by atoms with Gasteiger partial charge in [-0.05, 0) is 60.2 Å². The number of benzene rings is 2. The molecule has 2 aromatic rings. The van der Waals surface area contributed by atoms with Gasteiger partial charge in [-0.2, -0.15) is 0 Å². The van der Waals surface area contributed by atoms with Crippen molar-refractivity contribution < 1.29 is 9.59 Å². The monoisotopic (exact) mass is 437 g/mol. The van der Waals surface area contributed by atoms with Crippen LogP contribution in [0.3, 0.4) is 0 Å². The van der Waals surface area contributed by atoms with Crippen molar-refractivity contribution in [1.82, 2.24) is 5.32 Å². The highest BCUT2D eigenvalue weighted by atomic mass is 79.9. The van der Waals surface area contributed by atoms with Crippen LogP contribution in [0.25, 0.3) is 0 Å². The van der Waals surface area contributed by atoms with Crippen molar-refractivity contribution in [1.29, 1.82) is 0 Å². The SMILES string of the molecule is O=C(N[C@H]1CCc2cc(Br)ccc2NC1=O)C1=NCC(Cc2ccccc2)=C1. The normalized spacial score (nSPS) is 18.5. The third kappa shape index (κ3) is 4.22. The van der Waals surface area contributed by atoms with E-state index in [0.29, 0.717) is 25.1 Å². The molecule has 2 aromatic carbocycles. The molecule has 28 heavy (non-hydrogen) atoms. The van der Waals surface area contributed by atoms with Crippen molar-refractivity contribution in [2.75, 3.05) is 11.9 Å². The van der Waals surface area contributed by atoms with Gasteiger partial charge in [0.2, 0.25) is 5.91 Å². The third-order valence-corrected chi connectivity index (χ3v) is 5.44. The van der Waals surface area contributed by atoms with Crippen LogP contribution in [0.5, 0.6) is 0 Å². The summed E-state index contributed by atoms with van der Waals surface area (Å²) in [4.78, 5) is 29.5. The van der Waals surface area contributed by atoms with Gasteiger partial charge in [0.25, 0.3) is 5.91 Å². The second-order valence-corrected chi connectivity index (χ2v) is 7.94. The lowest BCUT2D eigenvalue weighted by atomic mass is 10.0. The molecule has 0 aliphatic carbocycles. The number of hydrogen-bond donors (Lipinski definition) is 2. The van der Waals surface area contributed by atoms with Crippen LogP contribution in [-0.2, 0) is 22.4 Å². The first-order valence-electron chi connectivity index (χ1n) is 9.26. The Bertz CT molecular complexity index is 983. The number of amides is 2. The summed E-state index contributed by atoms with van der Waals surface area (Å²) >= 11 is 3.46. The molecule has 0 saturated heterocycles. The van der Waals surface area contributed by atoms with Gasteiger partial charge in [-0.15, -0.1) is 0 Å². The van der Waals surface area contributed by atoms with Gasteiger partial charge in [0, 0.05) is 10.2 Å². The zero-order chi connectivity index (χ0) is 19.5. The van der Waals surface area contributed by atoms with Crippen molar-refractivity contribution in [2.45, 2.75) is 25.3 Å². The van der Waals surface area contributed by atoms with Crippen molar-refractivity contribution in [3.63, 3.8) is 0 Å². The molecule has 5 nitrogen and oxygen atoms in total. The van der Waals surface area contributed by atoms with Crippen molar-refractivity contribution >= 4 is 39.1 Å². The molecule has 2 heterocycles. The number of fused-ring (bicyclic) bond motifs is 1. The maximum absolute atomic E-state index is 12.6. The highest BCUT2D eigenvalue weighted by Gasteiger charge is 2.27. The van der Waals surface area contributed by atoms with Crippen molar-refractivity contribution in [3.05, 3.63) is 75.8 Å². The number of halogens is 1. The van der Waals surface area contributed by atoms with E-state index in [0.717, 1.165) is 27.7 Å². The number of aryl methyl sites for hydroxylation is 1. The van der Waals surface area contributed by atoms with E-state index < -0.39 is 6.04 Å². The standard InChI is InChI=1S/C22H20BrN3O2/c23-17-7-9-18-16(12-17)6-8-19(21(27)25-18)26-22(28)20-11-15(13-24-20)10-14-4-2-1-3-5-14/h1-5,7,9,11-12,19H,6,8,10,13H2,(H,25,27)(H,26,28)/t19-/m0/s1. The lowest BCUT2D eigenvalue weighted by Crippen LogP contribution is -2.45. The predicted octanol–water partition coefficient (Wildman–Crippen LogP) is 3.44. The van der Waals surface area contributed by atoms with E-state index >= 15 is 0 Å². The summed E-state index contributed by atoms with van der Waals surface area (Å²) in [6.45, 7) is 0.522. The second kappa shape index (κ2) is 8.10. The number of nitrogens with one attached hydrogen (secondary N) is 2. The van der Waals surface area contributed by atoms with Crippen LogP contribution in [0.15, 0.2) is 69.6 Å². The molecule has 2 amide bonds. The Kier molecular flexibility index (Phi) is 5.39. The molecule has 4 rings (SSSR count). The zero-order valence-corrected chi connectivity index (χ0v) is 16.8. The Hall–Kier alpha value is -2.73. The van der Waals surface area contributed by atoms with Gasteiger partial charge >= 0.3 is 0 Å². The average Bonchev–Trinajstić information content (AvgIpc) is 3.10. The molecule has 0 fully saturated rings. The minimum absolute atomic E-state index is 0.193. The smallest absolute Gasteiger partial charge is 0.270 e. The number of rotatable bonds is 4. The molecule has 0 radical (unpaired) electrons. The minimum Gasteiger partial charge on any atom is -0.339 e. The van der Waals surface area contributed by atoms with E-state index in [-0.39, 0.29) is 11.8 Å². The summed E-state index contributed by atoms with van der Waals surface area (Å²) < 4.78 is 0.972. The van der Waals surface area contributed by atoms with Gasteiger partial charge < -0.3 is 10.6 Å². The summed E-state index contributed by atoms with van der Waals surface area (Å²) in [5, 5.41) is 5.75. The molecule has 0 spiro atoms. The first kappa shape index (κ1) is 18.6. The molecule has 0 unspecified atom stereocenters. The van der Waals surface area contributed by atoms with Crippen LogP contribution in [0.1, 0.15) is 17.5 Å². The van der Waals surface area contributed by atoms with Crippen LogP contribution >= 0.6 is 15.9 Å². The largest absolute Gasteiger partial charge is 0.339 e. The Balaban J connectivity index is 1.39. The fraction of sp³-hybridized carbons (Fsp3) is 0.227. The molecule has 2 aliphatic heterocycles. The van der Waals surface area contributed by atoms with Crippen LogP contribution in [0, 0.1) is 0 Å². The van der Waals surface area contributed by atoms with E-state index in [1.807, 2.05) is 42.5 Å². The molecule has 0 saturated carbocycles. The van der Waals surface area contributed by atoms with Gasteiger partial charge in [0.15, 0.2) is 0 Å². The zero-order valence-electron chi connectivity index (χ0n) is 15.2. The molecule has 2 aliphatic rings. The second-order valence-electron chi connectivity index (χ2n) is 7.02. The van der Waals surface area contributed by atoms with Gasteiger partial charge in [0.05, 0.1) is 6.54 Å². The summed E-state index contributed by atoms with van der Waals surface area (Å²) in [5.41, 5.74) is 4.54. The van der Waals surface area contributed by atoms with E-state index in [4.69, 9.17) is 0 Å². The molecule has 1 atom stereocenters. The summed E-state index contributed by atoms with van der Waals surface area (Å²) in [5.74, 6) is -0.489. The van der Waals surface area contributed by atoms with Gasteiger partial charge in [-0.3, -0.25) is 14.6 Å². The van der Waals surface area contributed by atoms with Gasteiger partial charge in [0.1, 0.15) is 11.8 Å². The maximum Gasteiger partial charge on any atom is 0.270 e. The lowest BCUT2D eigenvalue weighted by Gasteiger charge is -2.14. The Morgan fingerprint density at radius 3 is 2.86 bits per heavy atom. The summed E-state index contributed by atoms with van der Waals surface area (Å²) in [7, 11) is 0. The molecule has 6 heteroatoms. The number of hydrogen-bond acceptors (Lipinski definition) is 3. The molecule has 2 N–H and O–H groups in total. The first-order chi connectivity index (χ1) is 13.6. The number of anilines is 1. The quantitative estimate of drug-likeness (QED) is 0.768. The first-order valence-corrected chi connectivity index (χ1v) is 10.1. The average molecular weight is 438 g/mol. The molecule has 142 valence electrons. The summed E-state index contributed by atoms with van der Waals surface area (Å²) in [6.07, 6.45) is 3.87. The van der Waals surface area contributed by atoms with Crippen molar-refractivity contribution in [3.8, 4) is 0 Å². The van der Waals surface area contributed by atoms with Gasteiger partial charge in [-0.25, -0.2) is 0 Å². The Morgan fingerprint density at radius 2 is 2.04 bits per heavy atom. The molecular weight excluding hydrogens is 418 g/mol. The minimum atomic E-state index is -0.576. The molecular formula is C22H20BrN3O2. The van der Waals surface area contributed by atoms with Crippen LogP contribution in [0.2, 0.25) is 0 Å². The predicted molar refractivity (Wildman–Crippen MR) is 114 cm³/mol. The van der Waals surface area contributed by atoms with Crippen LogP contribution < -0.4 is 10.6 Å². The fourth-order valence-electron chi connectivity index (χ4n) is 3.49. The highest BCUT2D eigenvalue weighted by Crippen LogP contribution is 2.25. The number of aliphatic imine (C=N–C) groups is 1. The number of nitrogens with zero attached hydrogens (tertiary/aromatic N) is 1. The molecule has 0 aromatic heterocycles. The highest BCUT2D eigenvalue weighted by molar-refractivity contribution is 9.10. The van der Waals surface area contributed by atoms with E-state index in [9.17, 15) is 9.59 Å². The third-order valence-electron chi connectivity index (χ3n) is 4.95. The van der Waals surface area contributed by atoms with Crippen LogP contribution in [-0.4, -0.2) is 30.1 Å². The van der Waals surface area contributed by atoms with Crippen molar-refractivity contribution in [2.24, 2.45) is 4.99 Å². The van der Waals surface area contributed by atoms with Gasteiger partial charge in [-0.1, -0.05) is 46.3 Å². The Morgan fingerprint density at radius 1 is 1.21 bits per heavy atom. The van der Waals surface area contributed by atoms with E-state index in [1.165, 1.54) is 5.56 Å². The Labute approximate surface area is 172 Å². The number of carbonyl (C=O) groups is 2. The fourth-order valence-corrected chi connectivity index (χ4v) is 3.89. The topological polar surface area (TPSA) is 70.6 Å². The lowest BCUT2D eigenvalue weighted by molar-refractivity contribution is -0.123.